The van der Waals surface area contributed by atoms with Crippen molar-refractivity contribution in [2.45, 2.75) is 32.2 Å². The quantitative estimate of drug-likeness (QED) is 0.692. The zero-order chi connectivity index (χ0) is 19.8. The van der Waals surface area contributed by atoms with Crippen LogP contribution >= 0.6 is 0 Å². The third kappa shape index (κ3) is 3.02. The first-order valence-electron chi connectivity index (χ1n) is 9.63. The first-order chi connectivity index (χ1) is 13.5. The Kier molecular flexibility index (Phi) is 4.78. The largest absolute Gasteiger partial charge is 0.342 e. The standard InChI is InChI=1S/C20H24FN5O2/c1-23-17-16(18(27)24(2)20(23)28)26(13-14-9-5-6-10-15(14)21)19(22-17)25-11-7-3-4-8-12-25/h5-6,9-10H,3-4,7-8,11-13H2,1-2H3. The molecule has 0 unspecified atom stereocenters. The molecule has 0 radical (unpaired) electrons. The third-order valence-corrected chi connectivity index (χ3v) is 5.50. The molecule has 1 aliphatic heterocycles. The van der Waals surface area contributed by atoms with Crippen molar-refractivity contribution in [3.8, 4) is 0 Å². The Bertz CT molecular complexity index is 1140. The van der Waals surface area contributed by atoms with Crippen LogP contribution in [0.15, 0.2) is 33.9 Å². The number of aryl methyl sites for hydroxylation is 1. The number of nitrogens with zero attached hydrogens (tertiary/aromatic N) is 5. The van der Waals surface area contributed by atoms with Crippen LogP contribution in [0.2, 0.25) is 0 Å². The molecule has 1 aliphatic rings. The van der Waals surface area contributed by atoms with Gasteiger partial charge in [-0.15, -0.1) is 0 Å². The van der Waals surface area contributed by atoms with Crippen LogP contribution in [-0.2, 0) is 20.6 Å². The molecule has 0 aliphatic carbocycles. The van der Waals surface area contributed by atoms with E-state index >= 15 is 0 Å². The Morgan fingerprint density at radius 2 is 1.68 bits per heavy atom. The van der Waals surface area contributed by atoms with Crippen molar-refractivity contribution in [2.75, 3.05) is 18.0 Å². The van der Waals surface area contributed by atoms with Crippen LogP contribution in [-0.4, -0.2) is 31.8 Å². The Labute approximate surface area is 161 Å². The molecule has 7 nitrogen and oxygen atoms in total. The average molecular weight is 385 g/mol. The van der Waals surface area contributed by atoms with Gasteiger partial charge < -0.3 is 4.90 Å². The highest BCUT2D eigenvalue weighted by molar-refractivity contribution is 5.74. The lowest BCUT2D eigenvalue weighted by molar-refractivity contribution is 0.598. The molecule has 0 bridgehead atoms. The number of fused-ring (bicyclic) bond motifs is 1. The molecule has 3 heterocycles. The van der Waals surface area contributed by atoms with Crippen LogP contribution in [0, 0.1) is 5.82 Å². The van der Waals surface area contributed by atoms with E-state index in [0.29, 0.717) is 22.7 Å². The van der Waals surface area contributed by atoms with E-state index < -0.39 is 11.2 Å². The summed E-state index contributed by atoms with van der Waals surface area (Å²) < 4.78 is 18.6. The number of hydrogen-bond acceptors (Lipinski definition) is 4. The fourth-order valence-corrected chi connectivity index (χ4v) is 3.89. The molecular formula is C20H24FN5O2. The highest BCUT2D eigenvalue weighted by Gasteiger charge is 2.24. The number of anilines is 1. The van der Waals surface area contributed by atoms with Gasteiger partial charge in [0.1, 0.15) is 5.82 Å². The van der Waals surface area contributed by atoms with Gasteiger partial charge in [-0.2, -0.15) is 4.98 Å². The normalized spacial score (nSPS) is 15.2. The van der Waals surface area contributed by atoms with Crippen LogP contribution in [0.1, 0.15) is 31.2 Å². The van der Waals surface area contributed by atoms with Gasteiger partial charge in [-0.1, -0.05) is 31.0 Å². The molecule has 0 N–H and O–H groups in total. The molecule has 1 aromatic carbocycles. The lowest BCUT2D eigenvalue weighted by atomic mass is 10.2. The number of hydrogen-bond donors (Lipinski definition) is 0. The average Bonchev–Trinajstić information content (AvgIpc) is 2.87. The Balaban J connectivity index is 1.98. The zero-order valence-corrected chi connectivity index (χ0v) is 16.2. The molecule has 0 spiro atoms. The third-order valence-electron chi connectivity index (χ3n) is 5.50. The van der Waals surface area contributed by atoms with Crippen molar-refractivity contribution < 1.29 is 4.39 Å². The van der Waals surface area contributed by atoms with Crippen LogP contribution < -0.4 is 16.1 Å². The Morgan fingerprint density at radius 3 is 2.36 bits per heavy atom. The van der Waals surface area contributed by atoms with E-state index in [4.69, 9.17) is 0 Å². The van der Waals surface area contributed by atoms with Gasteiger partial charge in [-0.05, 0) is 18.9 Å². The highest BCUT2D eigenvalue weighted by Crippen LogP contribution is 2.24. The predicted molar refractivity (Wildman–Crippen MR) is 106 cm³/mol. The Hall–Kier alpha value is -2.90. The second-order valence-electron chi connectivity index (χ2n) is 7.37. The summed E-state index contributed by atoms with van der Waals surface area (Å²) >= 11 is 0. The summed E-state index contributed by atoms with van der Waals surface area (Å²) in [7, 11) is 3.06. The smallest absolute Gasteiger partial charge is 0.332 e. The minimum Gasteiger partial charge on any atom is -0.342 e. The van der Waals surface area contributed by atoms with E-state index in [9.17, 15) is 14.0 Å². The maximum absolute atomic E-state index is 14.4. The molecule has 1 saturated heterocycles. The van der Waals surface area contributed by atoms with E-state index in [1.54, 1.807) is 29.8 Å². The van der Waals surface area contributed by atoms with E-state index in [1.807, 2.05) is 0 Å². The molecule has 148 valence electrons. The van der Waals surface area contributed by atoms with Crippen molar-refractivity contribution in [2.24, 2.45) is 14.1 Å². The van der Waals surface area contributed by atoms with Gasteiger partial charge in [-0.25, -0.2) is 9.18 Å². The molecule has 1 fully saturated rings. The maximum Gasteiger partial charge on any atom is 0.332 e. The molecule has 28 heavy (non-hydrogen) atoms. The summed E-state index contributed by atoms with van der Waals surface area (Å²) in [5.74, 6) is 0.297. The van der Waals surface area contributed by atoms with Crippen molar-refractivity contribution in [1.29, 1.82) is 0 Å². The van der Waals surface area contributed by atoms with Crippen molar-refractivity contribution in [3.05, 3.63) is 56.5 Å². The van der Waals surface area contributed by atoms with Gasteiger partial charge in [0.05, 0.1) is 6.54 Å². The monoisotopic (exact) mass is 385 g/mol. The van der Waals surface area contributed by atoms with Gasteiger partial charge in [-0.3, -0.25) is 18.5 Å². The summed E-state index contributed by atoms with van der Waals surface area (Å²) in [5.41, 5.74) is 0.308. The van der Waals surface area contributed by atoms with E-state index in [0.717, 1.165) is 43.3 Å². The molecule has 0 atom stereocenters. The first-order valence-corrected chi connectivity index (χ1v) is 9.63. The van der Waals surface area contributed by atoms with E-state index in [-0.39, 0.29) is 12.4 Å². The number of imidazole rings is 1. The second kappa shape index (κ2) is 7.26. The molecule has 2 aromatic heterocycles. The van der Waals surface area contributed by atoms with Crippen molar-refractivity contribution in [3.63, 3.8) is 0 Å². The fraction of sp³-hybridized carbons (Fsp3) is 0.450. The minimum absolute atomic E-state index is 0.183. The zero-order valence-electron chi connectivity index (χ0n) is 16.2. The van der Waals surface area contributed by atoms with Gasteiger partial charge in [0.25, 0.3) is 5.56 Å². The summed E-state index contributed by atoms with van der Waals surface area (Å²) in [5, 5.41) is 0. The number of benzene rings is 1. The molecule has 3 aromatic rings. The van der Waals surface area contributed by atoms with Crippen LogP contribution in [0.4, 0.5) is 10.3 Å². The van der Waals surface area contributed by atoms with E-state index in [1.165, 1.54) is 17.7 Å². The van der Waals surface area contributed by atoms with E-state index in [2.05, 4.69) is 9.88 Å². The number of aromatic nitrogens is 4. The summed E-state index contributed by atoms with van der Waals surface area (Å²) in [4.78, 5) is 32.1. The second-order valence-corrected chi connectivity index (χ2v) is 7.37. The minimum atomic E-state index is -0.421. The predicted octanol–water partition coefficient (Wildman–Crippen LogP) is 2.00. The summed E-state index contributed by atoms with van der Waals surface area (Å²) in [6.07, 6.45) is 4.40. The van der Waals surface area contributed by atoms with Gasteiger partial charge in [0.15, 0.2) is 11.2 Å². The molecular weight excluding hydrogens is 361 g/mol. The fourth-order valence-electron chi connectivity index (χ4n) is 3.89. The Morgan fingerprint density at radius 1 is 1.00 bits per heavy atom. The number of halogens is 1. The summed E-state index contributed by atoms with van der Waals surface area (Å²) in [6.45, 7) is 1.84. The van der Waals surface area contributed by atoms with Crippen molar-refractivity contribution >= 4 is 17.1 Å². The van der Waals surface area contributed by atoms with Gasteiger partial charge >= 0.3 is 5.69 Å². The lowest BCUT2D eigenvalue weighted by Crippen LogP contribution is -2.37. The highest BCUT2D eigenvalue weighted by atomic mass is 19.1. The molecule has 0 amide bonds. The van der Waals surface area contributed by atoms with Crippen LogP contribution in [0.3, 0.4) is 0 Å². The van der Waals surface area contributed by atoms with Crippen molar-refractivity contribution in [1.82, 2.24) is 18.7 Å². The van der Waals surface area contributed by atoms with Crippen LogP contribution in [0.25, 0.3) is 11.2 Å². The van der Waals surface area contributed by atoms with Gasteiger partial charge in [0.2, 0.25) is 5.95 Å². The maximum atomic E-state index is 14.4. The van der Waals surface area contributed by atoms with Crippen LogP contribution in [0.5, 0.6) is 0 Å². The first kappa shape index (κ1) is 18.5. The molecule has 4 rings (SSSR count). The van der Waals surface area contributed by atoms with Gasteiger partial charge in [0, 0.05) is 32.7 Å². The molecule has 0 saturated carbocycles. The SMILES string of the molecule is Cn1c(=O)c2c(nc(N3CCCCCC3)n2Cc2ccccc2F)n(C)c1=O. The topological polar surface area (TPSA) is 65.1 Å². The number of rotatable bonds is 3. The summed E-state index contributed by atoms with van der Waals surface area (Å²) in [6, 6.07) is 6.54. The lowest BCUT2D eigenvalue weighted by Gasteiger charge is -2.22. The molecule has 8 heteroatoms.